The third-order valence-corrected chi connectivity index (χ3v) is 2.04. The van der Waals surface area contributed by atoms with Gasteiger partial charge in [-0.1, -0.05) is 19.1 Å². The van der Waals surface area contributed by atoms with Crippen LogP contribution in [0.5, 0.6) is 0 Å². The predicted molar refractivity (Wildman–Crippen MR) is 49.5 cm³/mol. The minimum atomic E-state index is -4.42. The van der Waals surface area contributed by atoms with Gasteiger partial charge in [-0.25, -0.2) is 4.68 Å². The molecule has 15 heavy (non-hydrogen) atoms. The summed E-state index contributed by atoms with van der Waals surface area (Å²) >= 11 is 0. The molecule has 1 aromatic rings. The molecule has 0 radical (unpaired) electrons. The Morgan fingerprint density at radius 2 is 1.67 bits per heavy atom. The molecular weight excluding hydrogens is 207 g/mol. The van der Waals surface area contributed by atoms with Gasteiger partial charge >= 0.3 is 6.18 Å². The summed E-state index contributed by atoms with van der Waals surface area (Å²) < 4.78 is 39.0. The van der Waals surface area contributed by atoms with Gasteiger partial charge in [-0.05, 0) is 19.8 Å². The van der Waals surface area contributed by atoms with Crippen LogP contribution in [-0.4, -0.2) is 15.0 Å². The molecule has 0 amide bonds. The van der Waals surface area contributed by atoms with Crippen molar-refractivity contribution in [2.75, 3.05) is 0 Å². The largest absolute Gasteiger partial charge is 0.437 e. The lowest BCUT2D eigenvalue weighted by atomic mass is 10.1. The highest BCUT2D eigenvalue weighted by Gasteiger charge is 2.39. The van der Waals surface area contributed by atoms with E-state index in [1.165, 1.54) is 4.68 Å². The average molecular weight is 221 g/mol. The summed E-state index contributed by atoms with van der Waals surface area (Å²) in [6.45, 7) is 6.96. The summed E-state index contributed by atoms with van der Waals surface area (Å²) in [5.74, 6) is -0.251. The van der Waals surface area contributed by atoms with Gasteiger partial charge in [-0.15, -0.1) is 5.10 Å². The van der Waals surface area contributed by atoms with E-state index in [1.54, 1.807) is 27.7 Å². The Labute approximate surface area is 86.3 Å². The highest BCUT2D eigenvalue weighted by atomic mass is 19.4. The molecule has 0 aliphatic heterocycles. The zero-order valence-electron chi connectivity index (χ0n) is 9.13. The van der Waals surface area contributed by atoms with Gasteiger partial charge < -0.3 is 0 Å². The van der Waals surface area contributed by atoms with Crippen molar-refractivity contribution in [3.8, 4) is 0 Å². The highest BCUT2D eigenvalue weighted by Crippen LogP contribution is 2.34. The van der Waals surface area contributed by atoms with E-state index in [1.807, 2.05) is 0 Å². The summed E-state index contributed by atoms with van der Waals surface area (Å²) in [5, 5.41) is 6.77. The Balaban J connectivity index is 3.31. The molecule has 0 N–H and O–H groups in total. The zero-order valence-corrected chi connectivity index (χ0v) is 9.13. The van der Waals surface area contributed by atoms with Crippen LogP contribution in [0.3, 0.4) is 0 Å². The van der Waals surface area contributed by atoms with Crippen LogP contribution in [-0.2, 0) is 6.18 Å². The first-order valence-electron chi connectivity index (χ1n) is 4.77. The normalized spacial score (nSPS) is 12.9. The topological polar surface area (TPSA) is 30.7 Å². The van der Waals surface area contributed by atoms with Gasteiger partial charge in [0.1, 0.15) is 0 Å². The number of alkyl halides is 3. The maximum absolute atomic E-state index is 12.6. The number of aromatic nitrogens is 3. The van der Waals surface area contributed by atoms with Crippen molar-refractivity contribution in [3.05, 3.63) is 11.4 Å². The Kier molecular flexibility index (Phi) is 3.06. The van der Waals surface area contributed by atoms with E-state index in [4.69, 9.17) is 0 Å². The van der Waals surface area contributed by atoms with Crippen LogP contribution in [0.2, 0.25) is 0 Å². The summed E-state index contributed by atoms with van der Waals surface area (Å²) in [6.07, 6.45) is -4.42. The van der Waals surface area contributed by atoms with Gasteiger partial charge in [-0.3, -0.25) is 0 Å². The van der Waals surface area contributed by atoms with Crippen LogP contribution in [0.4, 0.5) is 13.2 Å². The van der Waals surface area contributed by atoms with Crippen LogP contribution in [0.25, 0.3) is 0 Å². The van der Waals surface area contributed by atoms with Crippen molar-refractivity contribution in [2.24, 2.45) is 0 Å². The van der Waals surface area contributed by atoms with E-state index < -0.39 is 11.9 Å². The second-order valence-electron chi connectivity index (χ2n) is 4.01. The molecule has 0 fully saturated rings. The molecule has 1 rings (SSSR count). The van der Waals surface area contributed by atoms with E-state index in [9.17, 15) is 13.2 Å². The number of nitrogens with zero attached hydrogens (tertiary/aromatic N) is 3. The molecule has 1 aromatic heterocycles. The van der Waals surface area contributed by atoms with Gasteiger partial charge in [0, 0.05) is 6.04 Å². The van der Waals surface area contributed by atoms with E-state index in [-0.39, 0.29) is 17.7 Å². The first kappa shape index (κ1) is 12.0. The number of rotatable bonds is 2. The highest BCUT2D eigenvalue weighted by molar-refractivity contribution is 5.17. The standard InChI is InChI=1S/C9H14F3N3/c1-5(2)7-8(9(10,11)12)13-14-15(7)6(3)4/h5-6H,1-4H3. The minimum absolute atomic E-state index is 0.119. The summed E-state index contributed by atoms with van der Waals surface area (Å²) in [7, 11) is 0. The first-order valence-corrected chi connectivity index (χ1v) is 4.77. The van der Waals surface area contributed by atoms with Crippen LogP contribution in [0.15, 0.2) is 0 Å². The molecule has 0 aromatic carbocycles. The minimum Gasteiger partial charge on any atom is -0.246 e. The van der Waals surface area contributed by atoms with E-state index in [2.05, 4.69) is 10.3 Å². The molecule has 0 unspecified atom stereocenters. The SMILES string of the molecule is CC(C)c1c(C(F)(F)F)nnn1C(C)C. The summed E-state index contributed by atoms with van der Waals surface area (Å²) in [6, 6.07) is -0.119. The van der Waals surface area contributed by atoms with Gasteiger partial charge in [0.15, 0.2) is 5.69 Å². The van der Waals surface area contributed by atoms with Gasteiger partial charge in [-0.2, -0.15) is 13.2 Å². The van der Waals surface area contributed by atoms with Crippen LogP contribution in [0, 0.1) is 0 Å². The molecule has 0 atom stereocenters. The monoisotopic (exact) mass is 221 g/mol. The van der Waals surface area contributed by atoms with Crippen molar-refractivity contribution < 1.29 is 13.2 Å². The fraction of sp³-hybridized carbons (Fsp3) is 0.778. The van der Waals surface area contributed by atoms with Crippen molar-refractivity contribution in [1.82, 2.24) is 15.0 Å². The Bertz CT molecular complexity index is 339. The van der Waals surface area contributed by atoms with Gasteiger partial charge in [0.25, 0.3) is 0 Å². The fourth-order valence-corrected chi connectivity index (χ4v) is 1.42. The Morgan fingerprint density at radius 1 is 1.13 bits per heavy atom. The molecule has 0 aliphatic rings. The van der Waals surface area contributed by atoms with Crippen LogP contribution >= 0.6 is 0 Å². The van der Waals surface area contributed by atoms with Gasteiger partial charge in [0.05, 0.1) is 5.69 Å². The molecule has 3 nitrogen and oxygen atoms in total. The van der Waals surface area contributed by atoms with Crippen molar-refractivity contribution in [1.29, 1.82) is 0 Å². The zero-order chi connectivity index (χ0) is 11.8. The molecule has 1 heterocycles. The third kappa shape index (κ3) is 2.30. The first-order chi connectivity index (χ1) is 6.75. The molecule has 6 heteroatoms. The Morgan fingerprint density at radius 3 is 2.00 bits per heavy atom. The van der Waals surface area contributed by atoms with E-state index >= 15 is 0 Å². The lowest BCUT2D eigenvalue weighted by molar-refractivity contribution is -0.142. The summed E-state index contributed by atoms with van der Waals surface area (Å²) in [4.78, 5) is 0. The van der Waals surface area contributed by atoms with Crippen molar-refractivity contribution >= 4 is 0 Å². The number of hydrogen-bond acceptors (Lipinski definition) is 2. The van der Waals surface area contributed by atoms with Crippen molar-refractivity contribution in [3.63, 3.8) is 0 Å². The molecule has 0 bridgehead atoms. The second kappa shape index (κ2) is 3.83. The van der Waals surface area contributed by atoms with E-state index in [0.717, 1.165) is 0 Å². The smallest absolute Gasteiger partial charge is 0.246 e. The molecule has 0 spiro atoms. The summed E-state index contributed by atoms with van der Waals surface area (Å²) in [5.41, 5.74) is -0.719. The van der Waals surface area contributed by atoms with Crippen LogP contribution in [0.1, 0.15) is 51.0 Å². The molecule has 0 aliphatic carbocycles. The number of halogens is 3. The van der Waals surface area contributed by atoms with Crippen molar-refractivity contribution in [2.45, 2.75) is 45.8 Å². The van der Waals surface area contributed by atoms with Gasteiger partial charge in [0.2, 0.25) is 0 Å². The average Bonchev–Trinajstić information content (AvgIpc) is 2.45. The predicted octanol–water partition coefficient (Wildman–Crippen LogP) is 3.00. The second-order valence-corrected chi connectivity index (χ2v) is 4.01. The fourth-order valence-electron chi connectivity index (χ4n) is 1.42. The molecule has 0 saturated carbocycles. The lowest BCUT2D eigenvalue weighted by Gasteiger charge is -2.14. The molecule has 0 saturated heterocycles. The maximum Gasteiger partial charge on any atom is 0.437 e. The number of hydrogen-bond donors (Lipinski definition) is 0. The van der Waals surface area contributed by atoms with Crippen LogP contribution < -0.4 is 0 Å². The molecular formula is C9H14F3N3. The van der Waals surface area contributed by atoms with E-state index in [0.29, 0.717) is 0 Å². The lowest BCUT2D eigenvalue weighted by Crippen LogP contribution is -2.14. The maximum atomic E-state index is 12.6. The molecule has 86 valence electrons. The quantitative estimate of drug-likeness (QED) is 0.768. The third-order valence-electron chi connectivity index (χ3n) is 2.04. The Hall–Kier alpha value is -1.07.